The standard InChI is InChI=1S/C20H25N3O3/c1-3-5-14-6-8-15(9-7-14)16-10-12-17(13-11-16)18(24)22-20(26,4-2)19(25)23-21/h6-13,26H,3-5,21H2,1-2H3,(H,22,24)(H,23,25)/t20-/m0/s1. The molecule has 2 rings (SSSR count). The van der Waals surface area contributed by atoms with E-state index in [0.29, 0.717) is 5.56 Å². The van der Waals surface area contributed by atoms with Crippen molar-refractivity contribution in [2.45, 2.75) is 38.8 Å². The Bertz CT molecular complexity index is 757. The van der Waals surface area contributed by atoms with Gasteiger partial charge in [0.2, 0.25) is 5.72 Å². The average molecular weight is 355 g/mol. The smallest absolute Gasteiger partial charge is 0.287 e. The Hall–Kier alpha value is -2.70. The third-order valence-electron chi connectivity index (χ3n) is 4.31. The molecule has 6 nitrogen and oxygen atoms in total. The molecule has 0 radical (unpaired) electrons. The van der Waals surface area contributed by atoms with Gasteiger partial charge in [-0.15, -0.1) is 0 Å². The molecule has 2 aromatic carbocycles. The molecular weight excluding hydrogens is 330 g/mol. The molecule has 0 fully saturated rings. The number of hydrogen-bond donors (Lipinski definition) is 4. The SMILES string of the molecule is CCCc1ccc(-c2ccc(C(=O)N[C@](O)(CC)C(=O)NN)cc2)cc1. The van der Waals surface area contributed by atoms with Crippen LogP contribution >= 0.6 is 0 Å². The van der Waals surface area contributed by atoms with E-state index in [2.05, 4.69) is 36.5 Å². The number of amides is 2. The molecule has 1 atom stereocenters. The van der Waals surface area contributed by atoms with Gasteiger partial charge in [0.25, 0.3) is 11.8 Å². The molecule has 26 heavy (non-hydrogen) atoms. The lowest BCUT2D eigenvalue weighted by Crippen LogP contribution is -2.59. The van der Waals surface area contributed by atoms with E-state index < -0.39 is 17.5 Å². The molecule has 2 aromatic rings. The lowest BCUT2D eigenvalue weighted by molar-refractivity contribution is -0.142. The van der Waals surface area contributed by atoms with E-state index in [9.17, 15) is 14.7 Å². The largest absolute Gasteiger partial charge is 0.363 e. The van der Waals surface area contributed by atoms with Gasteiger partial charge in [-0.1, -0.05) is 56.7 Å². The number of nitrogens with two attached hydrogens (primary N) is 1. The Morgan fingerprint density at radius 1 is 1.00 bits per heavy atom. The fourth-order valence-electron chi connectivity index (χ4n) is 2.65. The number of carbonyl (C=O) groups is 2. The van der Waals surface area contributed by atoms with Crippen LogP contribution in [0.5, 0.6) is 0 Å². The lowest BCUT2D eigenvalue weighted by atomic mass is 10.0. The number of hydrazine groups is 1. The molecular formula is C20H25N3O3. The van der Waals surface area contributed by atoms with Gasteiger partial charge in [-0.2, -0.15) is 0 Å². The van der Waals surface area contributed by atoms with Crippen LogP contribution in [0.3, 0.4) is 0 Å². The van der Waals surface area contributed by atoms with Gasteiger partial charge in [0, 0.05) is 12.0 Å². The van der Waals surface area contributed by atoms with Crippen molar-refractivity contribution in [1.82, 2.24) is 10.7 Å². The first kappa shape index (κ1) is 19.6. The van der Waals surface area contributed by atoms with Crippen LogP contribution < -0.4 is 16.6 Å². The fourth-order valence-corrected chi connectivity index (χ4v) is 2.65. The molecule has 0 saturated heterocycles. The van der Waals surface area contributed by atoms with Gasteiger partial charge in [0.15, 0.2) is 0 Å². The van der Waals surface area contributed by atoms with Gasteiger partial charge in [-0.05, 0) is 35.2 Å². The second-order valence-electron chi connectivity index (χ2n) is 6.17. The van der Waals surface area contributed by atoms with Crippen LogP contribution in [-0.4, -0.2) is 22.6 Å². The van der Waals surface area contributed by atoms with Crippen molar-refractivity contribution in [1.29, 1.82) is 0 Å². The molecule has 0 saturated carbocycles. The molecule has 0 aromatic heterocycles. The summed E-state index contributed by atoms with van der Waals surface area (Å²) in [5.74, 6) is 3.63. The van der Waals surface area contributed by atoms with E-state index in [4.69, 9.17) is 5.84 Å². The van der Waals surface area contributed by atoms with E-state index in [1.54, 1.807) is 19.1 Å². The van der Waals surface area contributed by atoms with Crippen LogP contribution in [0.4, 0.5) is 0 Å². The van der Waals surface area contributed by atoms with Crippen molar-refractivity contribution in [2.75, 3.05) is 0 Å². The van der Waals surface area contributed by atoms with Crippen LogP contribution in [-0.2, 0) is 11.2 Å². The Balaban J connectivity index is 2.13. The third-order valence-corrected chi connectivity index (χ3v) is 4.31. The topological polar surface area (TPSA) is 104 Å². The molecule has 0 spiro atoms. The third kappa shape index (κ3) is 4.47. The van der Waals surface area contributed by atoms with Crippen LogP contribution in [0, 0.1) is 0 Å². The minimum absolute atomic E-state index is 0.00995. The Morgan fingerprint density at radius 2 is 1.54 bits per heavy atom. The summed E-state index contributed by atoms with van der Waals surface area (Å²) in [6.07, 6.45) is 2.15. The summed E-state index contributed by atoms with van der Waals surface area (Å²) < 4.78 is 0. The highest BCUT2D eigenvalue weighted by Crippen LogP contribution is 2.21. The van der Waals surface area contributed by atoms with Gasteiger partial charge < -0.3 is 10.4 Å². The van der Waals surface area contributed by atoms with E-state index >= 15 is 0 Å². The molecule has 0 bridgehead atoms. The first-order valence-corrected chi connectivity index (χ1v) is 8.68. The molecule has 0 aliphatic heterocycles. The Morgan fingerprint density at radius 3 is 2.00 bits per heavy atom. The maximum atomic E-state index is 12.3. The van der Waals surface area contributed by atoms with E-state index in [-0.39, 0.29) is 6.42 Å². The number of nitrogens with one attached hydrogen (secondary N) is 2. The van der Waals surface area contributed by atoms with Crippen molar-refractivity contribution < 1.29 is 14.7 Å². The van der Waals surface area contributed by atoms with Gasteiger partial charge in [-0.25, -0.2) is 5.84 Å². The number of aryl methyl sites for hydroxylation is 1. The molecule has 5 N–H and O–H groups in total. The molecule has 2 amide bonds. The second-order valence-corrected chi connectivity index (χ2v) is 6.17. The van der Waals surface area contributed by atoms with Crippen LogP contribution in [0.15, 0.2) is 48.5 Å². The predicted molar refractivity (Wildman–Crippen MR) is 101 cm³/mol. The summed E-state index contributed by atoms with van der Waals surface area (Å²) in [6, 6.07) is 15.3. The molecule has 0 heterocycles. The number of rotatable bonds is 7. The second kappa shape index (κ2) is 8.60. The van der Waals surface area contributed by atoms with Gasteiger partial charge in [-0.3, -0.25) is 15.0 Å². The van der Waals surface area contributed by atoms with Crippen molar-refractivity contribution in [2.24, 2.45) is 5.84 Å². The number of hydrogen-bond acceptors (Lipinski definition) is 4. The van der Waals surface area contributed by atoms with Crippen molar-refractivity contribution in [3.05, 3.63) is 59.7 Å². The zero-order valence-electron chi connectivity index (χ0n) is 15.1. The molecule has 0 aliphatic carbocycles. The van der Waals surface area contributed by atoms with Crippen LogP contribution in [0.25, 0.3) is 11.1 Å². The molecule has 0 unspecified atom stereocenters. The highest BCUT2D eigenvalue weighted by molar-refractivity contribution is 5.98. The molecule has 6 heteroatoms. The Kier molecular flexibility index (Phi) is 6.49. The quantitative estimate of drug-likeness (QED) is 0.264. The maximum absolute atomic E-state index is 12.3. The number of benzene rings is 2. The minimum Gasteiger partial charge on any atom is -0.363 e. The Labute approximate surface area is 153 Å². The minimum atomic E-state index is -2.04. The predicted octanol–water partition coefficient (Wildman–Crippen LogP) is 2.12. The van der Waals surface area contributed by atoms with E-state index in [0.717, 1.165) is 24.0 Å². The maximum Gasteiger partial charge on any atom is 0.287 e. The summed E-state index contributed by atoms with van der Waals surface area (Å²) in [5.41, 5.74) is 3.49. The fraction of sp³-hybridized carbons (Fsp3) is 0.300. The number of aliphatic hydroxyl groups is 1. The van der Waals surface area contributed by atoms with E-state index in [1.165, 1.54) is 5.56 Å². The zero-order valence-corrected chi connectivity index (χ0v) is 15.1. The monoisotopic (exact) mass is 355 g/mol. The van der Waals surface area contributed by atoms with Crippen molar-refractivity contribution in [3.63, 3.8) is 0 Å². The first-order chi connectivity index (χ1) is 12.4. The van der Waals surface area contributed by atoms with Gasteiger partial charge in [0.1, 0.15) is 0 Å². The zero-order chi connectivity index (χ0) is 19.2. The summed E-state index contributed by atoms with van der Waals surface area (Å²) >= 11 is 0. The number of carbonyl (C=O) groups excluding carboxylic acids is 2. The van der Waals surface area contributed by atoms with Gasteiger partial charge >= 0.3 is 0 Å². The highest BCUT2D eigenvalue weighted by atomic mass is 16.3. The lowest BCUT2D eigenvalue weighted by Gasteiger charge is -2.25. The molecule has 138 valence electrons. The molecule has 0 aliphatic rings. The highest BCUT2D eigenvalue weighted by Gasteiger charge is 2.35. The normalized spacial score (nSPS) is 12.9. The summed E-state index contributed by atoms with van der Waals surface area (Å²) in [6.45, 7) is 3.72. The average Bonchev–Trinajstić information content (AvgIpc) is 2.68. The van der Waals surface area contributed by atoms with Crippen molar-refractivity contribution >= 4 is 11.8 Å². The first-order valence-electron chi connectivity index (χ1n) is 8.68. The van der Waals surface area contributed by atoms with Crippen LogP contribution in [0.1, 0.15) is 42.6 Å². The van der Waals surface area contributed by atoms with E-state index in [1.807, 2.05) is 17.6 Å². The summed E-state index contributed by atoms with van der Waals surface area (Å²) in [5, 5.41) is 12.5. The van der Waals surface area contributed by atoms with Crippen molar-refractivity contribution in [3.8, 4) is 11.1 Å². The van der Waals surface area contributed by atoms with Crippen LogP contribution in [0.2, 0.25) is 0 Å². The summed E-state index contributed by atoms with van der Waals surface area (Å²) in [4.78, 5) is 24.0. The van der Waals surface area contributed by atoms with Gasteiger partial charge in [0.05, 0.1) is 0 Å². The summed E-state index contributed by atoms with van der Waals surface area (Å²) in [7, 11) is 0.